The lowest BCUT2D eigenvalue weighted by molar-refractivity contribution is -0.122. The van der Waals surface area contributed by atoms with Crippen molar-refractivity contribution in [2.75, 3.05) is 21.3 Å². The van der Waals surface area contributed by atoms with E-state index in [0.717, 1.165) is 5.56 Å². The predicted octanol–water partition coefficient (Wildman–Crippen LogP) is 1.35. The van der Waals surface area contributed by atoms with E-state index < -0.39 is 0 Å². The molecule has 5 heteroatoms. The zero-order valence-electron chi connectivity index (χ0n) is 11.1. The van der Waals surface area contributed by atoms with Crippen LogP contribution in [0.4, 0.5) is 0 Å². The molecule has 0 radical (unpaired) electrons. The van der Waals surface area contributed by atoms with Gasteiger partial charge < -0.3 is 19.5 Å². The van der Waals surface area contributed by atoms with Crippen LogP contribution in [0.5, 0.6) is 11.5 Å². The number of nitrogens with one attached hydrogen (secondary N) is 1. The third-order valence-electron chi connectivity index (χ3n) is 2.52. The fourth-order valence-electron chi connectivity index (χ4n) is 1.64. The van der Waals surface area contributed by atoms with E-state index in [1.807, 2.05) is 18.2 Å². The molecule has 1 aromatic carbocycles. The second-order valence-corrected chi connectivity index (χ2v) is 3.82. The zero-order chi connectivity index (χ0) is 13.5. The van der Waals surface area contributed by atoms with Gasteiger partial charge in [0, 0.05) is 20.5 Å². The Balaban J connectivity index is 2.80. The van der Waals surface area contributed by atoms with Gasteiger partial charge in [0.2, 0.25) is 5.91 Å². The van der Waals surface area contributed by atoms with Gasteiger partial charge in [0.15, 0.2) is 11.5 Å². The highest BCUT2D eigenvalue weighted by atomic mass is 16.5. The molecule has 1 unspecified atom stereocenters. The first-order chi connectivity index (χ1) is 8.60. The van der Waals surface area contributed by atoms with Gasteiger partial charge in [0.25, 0.3) is 0 Å². The van der Waals surface area contributed by atoms with Gasteiger partial charge in [-0.25, -0.2) is 0 Å². The molecule has 0 spiro atoms. The Kier molecular flexibility index (Phi) is 5.45. The van der Waals surface area contributed by atoms with E-state index in [4.69, 9.17) is 14.2 Å². The van der Waals surface area contributed by atoms with Crippen LogP contribution in [0.3, 0.4) is 0 Å². The molecule has 0 aromatic heterocycles. The quantitative estimate of drug-likeness (QED) is 0.778. The molecule has 0 saturated heterocycles. The Morgan fingerprint density at radius 1 is 1.22 bits per heavy atom. The molecule has 0 aliphatic carbocycles. The summed E-state index contributed by atoms with van der Waals surface area (Å²) in [5, 5.41) is 2.71. The molecular formula is C13H19NO4. The van der Waals surface area contributed by atoms with E-state index in [1.165, 1.54) is 6.92 Å². The molecule has 0 fully saturated rings. The topological polar surface area (TPSA) is 56.8 Å². The van der Waals surface area contributed by atoms with Crippen LogP contribution in [0.2, 0.25) is 0 Å². The van der Waals surface area contributed by atoms with Gasteiger partial charge in [-0.05, 0) is 17.7 Å². The minimum atomic E-state index is -0.347. The van der Waals surface area contributed by atoms with Crippen molar-refractivity contribution in [3.63, 3.8) is 0 Å². The predicted molar refractivity (Wildman–Crippen MR) is 67.9 cm³/mol. The minimum absolute atomic E-state index is 0.123. The van der Waals surface area contributed by atoms with E-state index in [-0.39, 0.29) is 12.1 Å². The first-order valence-corrected chi connectivity index (χ1v) is 5.61. The van der Waals surface area contributed by atoms with Crippen molar-refractivity contribution in [1.82, 2.24) is 5.32 Å². The highest BCUT2D eigenvalue weighted by Crippen LogP contribution is 2.27. The highest BCUT2D eigenvalue weighted by molar-refractivity contribution is 5.73. The molecule has 0 aliphatic heterocycles. The molecule has 0 heterocycles. The van der Waals surface area contributed by atoms with Gasteiger partial charge in [-0.15, -0.1) is 0 Å². The van der Waals surface area contributed by atoms with Crippen LogP contribution >= 0.6 is 0 Å². The smallest absolute Gasteiger partial charge is 0.218 e. The van der Waals surface area contributed by atoms with Gasteiger partial charge in [0.05, 0.1) is 14.2 Å². The standard InChI is InChI=1S/C13H19NO4/c1-9(15)14-13(18-4)8-10-5-6-11(16-2)12(7-10)17-3/h5-7,13H,8H2,1-4H3,(H,14,15). The van der Waals surface area contributed by atoms with Crippen molar-refractivity contribution in [1.29, 1.82) is 0 Å². The van der Waals surface area contributed by atoms with E-state index in [2.05, 4.69) is 5.32 Å². The summed E-state index contributed by atoms with van der Waals surface area (Å²) in [5.41, 5.74) is 0.994. The van der Waals surface area contributed by atoms with E-state index >= 15 is 0 Å². The average Bonchev–Trinajstić information content (AvgIpc) is 2.37. The fourth-order valence-corrected chi connectivity index (χ4v) is 1.64. The second-order valence-electron chi connectivity index (χ2n) is 3.82. The molecule has 100 valence electrons. The average molecular weight is 253 g/mol. The maximum atomic E-state index is 11.0. The van der Waals surface area contributed by atoms with Gasteiger partial charge >= 0.3 is 0 Å². The Hall–Kier alpha value is -1.75. The molecule has 0 aliphatic rings. The molecule has 0 bridgehead atoms. The van der Waals surface area contributed by atoms with Gasteiger partial charge in [-0.2, -0.15) is 0 Å². The number of carbonyl (C=O) groups is 1. The lowest BCUT2D eigenvalue weighted by Gasteiger charge is -2.17. The fraction of sp³-hybridized carbons (Fsp3) is 0.462. The molecule has 18 heavy (non-hydrogen) atoms. The van der Waals surface area contributed by atoms with Crippen molar-refractivity contribution < 1.29 is 19.0 Å². The lowest BCUT2D eigenvalue weighted by atomic mass is 10.1. The van der Waals surface area contributed by atoms with Crippen molar-refractivity contribution >= 4 is 5.91 Å². The molecule has 1 rings (SSSR count). The monoisotopic (exact) mass is 253 g/mol. The summed E-state index contributed by atoms with van der Waals surface area (Å²) in [7, 11) is 4.73. The number of hydrogen-bond acceptors (Lipinski definition) is 4. The summed E-state index contributed by atoms with van der Waals surface area (Å²) in [6, 6.07) is 5.61. The summed E-state index contributed by atoms with van der Waals surface area (Å²) in [4.78, 5) is 11.0. The Morgan fingerprint density at radius 2 is 1.89 bits per heavy atom. The summed E-state index contributed by atoms with van der Waals surface area (Å²) < 4.78 is 15.6. The van der Waals surface area contributed by atoms with Gasteiger partial charge in [0.1, 0.15) is 6.23 Å². The summed E-state index contributed by atoms with van der Waals surface area (Å²) >= 11 is 0. The van der Waals surface area contributed by atoms with Crippen molar-refractivity contribution in [3.05, 3.63) is 23.8 Å². The maximum absolute atomic E-state index is 11.0. The summed E-state index contributed by atoms with van der Waals surface area (Å²) in [6.07, 6.45) is 0.219. The first-order valence-electron chi connectivity index (χ1n) is 5.61. The van der Waals surface area contributed by atoms with Crippen LogP contribution in [0.25, 0.3) is 0 Å². The van der Waals surface area contributed by atoms with Crippen LogP contribution in [-0.4, -0.2) is 33.5 Å². The summed E-state index contributed by atoms with van der Waals surface area (Å²) in [5.74, 6) is 1.21. The molecule has 5 nitrogen and oxygen atoms in total. The first kappa shape index (κ1) is 14.3. The Labute approximate surface area is 107 Å². The van der Waals surface area contributed by atoms with E-state index in [9.17, 15) is 4.79 Å². The number of methoxy groups -OCH3 is 3. The molecule has 1 amide bonds. The van der Waals surface area contributed by atoms with E-state index in [0.29, 0.717) is 17.9 Å². The van der Waals surface area contributed by atoms with Gasteiger partial charge in [-0.3, -0.25) is 4.79 Å². The third-order valence-corrected chi connectivity index (χ3v) is 2.52. The molecule has 1 N–H and O–H groups in total. The molecule has 0 saturated carbocycles. The Bertz CT molecular complexity index is 406. The number of rotatable bonds is 6. The number of ether oxygens (including phenoxy) is 3. The van der Waals surface area contributed by atoms with Crippen LogP contribution < -0.4 is 14.8 Å². The highest BCUT2D eigenvalue weighted by Gasteiger charge is 2.11. The minimum Gasteiger partial charge on any atom is -0.493 e. The molecule has 1 aromatic rings. The largest absolute Gasteiger partial charge is 0.493 e. The summed E-state index contributed by atoms with van der Waals surface area (Å²) in [6.45, 7) is 1.46. The van der Waals surface area contributed by atoms with Crippen molar-refractivity contribution in [3.8, 4) is 11.5 Å². The number of carbonyl (C=O) groups excluding carboxylic acids is 1. The normalized spacial score (nSPS) is 11.8. The van der Waals surface area contributed by atoms with Crippen LogP contribution in [0.1, 0.15) is 12.5 Å². The second kappa shape index (κ2) is 6.86. The third kappa shape index (κ3) is 3.92. The number of benzene rings is 1. The molecule has 1 atom stereocenters. The zero-order valence-corrected chi connectivity index (χ0v) is 11.1. The number of amides is 1. The number of hydrogen-bond donors (Lipinski definition) is 1. The van der Waals surface area contributed by atoms with Crippen molar-refractivity contribution in [2.24, 2.45) is 0 Å². The lowest BCUT2D eigenvalue weighted by Crippen LogP contribution is -2.36. The maximum Gasteiger partial charge on any atom is 0.218 e. The SMILES string of the molecule is COc1ccc(CC(NC(C)=O)OC)cc1OC. The van der Waals surface area contributed by atoms with Crippen molar-refractivity contribution in [2.45, 2.75) is 19.6 Å². The van der Waals surface area contributed by atoms with Crippen LogP contribution in [0.15, 0.2) is 18.2 Å². The van der Waals surface area contributed by atoms with Gasteiger partial charge in [-0.1, -0.05) is 6.07 Å². The Morgan fingerprint density at radius 3 is 2.39 bits per heavy atom. The van der Waals surface area contributed by atoms with Crippen LogP contribution in [-0.2, 0) is 16.0 Å². The molecular weight excluding hydrogens is 234 g/mol. The van der Waals surface area contributed by atoms with Crippen LogP contribution in [0, 0.1) is 0 Å². The van der Waals surface area contributed by atoms with E-state index in [1.54, 1.807) is 21.3 Å².